The van der Waals surface area contributed by atoms with Crippen molar-refractivity contribution in [2.45, 2.75) is 13.8 Å². The summed E-state index contributed by atoms with van der Waals surface area (Å²) in [5, 5.41) is 4.02. The molecular formula is C18H17Cl3N2O2. The molecule has 0 aliphatic heterocycles. The van der Waals surface area contributed by atoms with Gasteiger partial charge in [0.1, 0.15) is 0 Å². The summed E-state index contributed by atoms with van der Waals surface area (Å²) in [6, 6.07) is 10.0. The van der Waals surface area contributed by atoms with Crippen molar-refractivity contribution in [3.63, 3.8) is 0 Å². The van der Waals surface area contributed by atoms with Crippen molar-refractivity contribution in [2.75, 3.05) is 18.0 Å². The van der Waals surface area contributed by atoms with Crippen LogP contribution in [0, 0.1) is 6.92 Å². The molecule has 1 N–H and O–H groups in total. The number of anilines is 1. The fourth-order valence-corrected chi connectivity index (χ4v) is 2.81. The average Bonchev–Trinajstić information content (AvgIpc) is 2.56. The minimum absolute atomic E-state index is 0.130. The lowest BCUT2D eigenvalue weighted by Crippen LogP contribution is -2.38. The second kappa shape index (κ2) is 8.56. The van der Waals surface area contributed by atoms with Gasteiger partial charge in [0.25, 0.3) is 5.91 Å². The molecule has 2 aromatic rings. The Kier molecular flexibility index (Phi) is 6.71. The third-order valence-corrected chi connectivity index (χ3v) is 4.62. The van der Waals surface area contributed by atoms with Gasteiger partial charge in [-0.3, -0.25) is 9.59 Å². The third kappa shape index (κ3) is 5.11. The maximum Gasteiger partial charge on any atom is 0.251 e. The zero-order valence-corrected chi connectivity index (χ0v) is 16.0. The Morgan fingerprint density at radius 2 is 1.76 bits per heavy atom. The van der Waals surface area contributed by atoms with Gasteiger partial charge < -0.3 is 10.2 Å². The summed E-state index contributed by atoms with van der Waals surface area (Å²) in [5.74, 6) is -0.418. The Hall–Kier alpha value is -1.75. The highest BCUT2D eigenvalue weighted by Crippen LogP contribution is 2.24. The summed E-state index contributed by atoms with van der Waals surface area (Å²) in [4.78, 5) is 25.7. The molecule has 0 unspecified atom stereocenters. The number of carbonyl (C=O) groups is 2. The molecule has 2 amide bonds. The zero-order valence-electron chi connectivity index (χ0n) is 13.8. The third-order valence-electron chi connectivity index (χ3n) is 3.64. The lowest BCUT2D eigenvalue weighted by Gasteiger charge is -2.23. The predicted molar refractivity (Wildman–Crippen MR) is 103 cm³/mol. The molecule has 0 saturated heterocycles. The normalized spacial score (nSPS) is 10.4. The largest absolute Gasteiger partial charge is 0.350 e. The van der Waals surface area contributed by atoms with Crippen molar-refractivity contribution < 1.29 is 9.59 Å². The van der Waals surface area contributed by atoms with Crippen LogP contribution >= 0.6 is 34.8 Å². The van der Waals surface area contributed by atoms with Crippen molar-refractivity contribution in [1.82, 2.24) is 5.32 Å². The molecule has 0 radical (unpaired) electrons. The Labute approximate surface area is 161 Å². The molecule has 4 nitrogen and oxygen atoms in total. The van der Waals surface area contributed by atoms with Gasteiger partial charge in [-0.15, -0.1) is 0 Å². The first kappa shape index (κ1) is 19.6. The molecule has 132 valence electrons. The summed E-state index contributed by atoms with van der Waals surface area (Å²) in [6.07, 6.45) is 0. The number of benzene rings is 2. The van der Waals surface area contributed by atoms with E-state index in [1.807, 2.05) is 13.0 Å². The van der Waals surface area contributed by atoms with Crippen LogP contribution in [0.1, 0.15) is 22.8 Å². The molecule has 0 aliphatic carbocycles. The first-order valence-electron chi connectivity index (χ1n) is 7.57. The smallest absolute Gasteiger partial charge is 0.251 e. The van der Waals surface area contributed by atoms with Crippen LogP contribution in [0.5, 0.6) is 0 Å². The maximum atomic E-state index is 12.2. The minimum Gasteiger partial charge on any atom is -0.350 e. The van der Waals surface area contributed by atoms with Crippen LogP contribution in [0.15, 0.2) is 36.4 Å². The monoisotopic (exact) mass is 398 g/mol. The first-order valence-corrected chi connectivity index (χ1v) is 8.70. The molecular weight excluding hydrogens is 383 g/mol. The molecule has 0 saturated carbocycles. The SMILES string of the molecule is CC(=O)N(CCNC(=O)c1ccc(Cl)c(Cl)c1)c1cc(Cl)ccc1C. The molecule has 0 spiro atoms. The van der Waals surface area contributed by atoms with Crippen LogP contribution in [-0.4, -0.2) is 24.9 Å². The molecule has 7 heteroatoms. The van der Waals surface area contributed by atoms with Gasteiger partial charge in [-0.05, 0) is 42.8 Å². The van der Waals surface area contributed by atoms with Gasteiger partial charge in [0.15, 0.2) is 0 Å². The summed E-state index contributed by atoms with van der Waals surface area (Å²) in [7, 11) is 0. The van der Waals surface area contributed by atoms with E-state index in [9.17, 15) is 9.59 Å². The molecule has 0 bridgehead atoms. The number of aryl methyl sites for hydroxylation is 1. The molecule has 0 atom stereocenters. The lowest BCUT2D eigenvalue weighted by atomic mass is 10.1. The maximum absolute atomic E-state index is 12.2. The van der Waals surface area contributed by atoms with E-state index < -0.39 is 0 Å². The number of nitrogens with one attached hydrogen (secondary N) is 1. The Morgan fingerprint density at radius 3 is 2.40 bits per heavy atom. The molecule has 0 aromatic heterocycles. The van der Waals surface area contributed by atoms with E-state index in [2.05, 4.69) is 5.32 Å². The van der Waals surface area contributed by atoms with Gasteiger partial charge in [0.05, 0.1) is 10.0 Å². The van der Waals surface area contributed by atoms with E-state index >= 15 is 0 Å². The Bertz CT molecular complexity index is 809. The van der Waals surface area contributed by atoms with E-state index in [4.69, 9.17) is 34.8 Å². The van der Waals surface area contributed by atoms with Crippen molar-refractivity contribution in [2.24, 2.45) is 0 Å². The number of rotatable bonds is 5. The highest BCUT2D eigenvalue weighted by Gasteiger charge is 2.15. The number of hydrogen-bond acceptors (Lipinski definition) is 2. The average molecular weight is 400 g/mol. The van der Waals surface area contributed by atoms with Crippen molar-refractivity contribution in [3.8, 4) is 0 Å². The van der Waals surface area contributed by atoms with Crippen molar-refractivity contribution in [3.05, 3.63) is 62.6 Å². The zero-order chi connectivity index (χ0) is 18.6. The van der Waals surface area contributed by atoms with Gasteiger partial charge in [0.2, 0.25) is 5.91 Å². The molecule has 25 heavy (non-hydrogen) atoms. The van der Waals surface area contributed by atoms with Crippen LogP contribution < -0.4 is 10.2 Å². The van der Waals surface area contributed by atoms with Crippen LogP contribution in [0.4, 0.5) is 5.69 Å². The van der Waals surface area contributed by atoms with E-state index in [0.717, 1.165) is 11.3 Å². The molecule has 0 aliphatic rings. The number of carbonyl (C=O) groups excluding carboxylic acids is 2. The summed E-state index contributed by atoms with van der Waals surface area (Å²) in [5.41, 5.74) is 2.06. The second-order valence-electron chi connectivity index (χ2n) is 5.49. The number of amides is 2. The van der Waals surface area contributed by atoms with Crippen LogP contribution in [0.25, 0.3) is 0 Å². The summed E-state index contributed by atoms with van der Waals surface area (Å²) in [6.45, 7) is 3.98. The highest BCUT2D eigenvalue weighted by molar-refractivity contribution is 6.42. The van der Waals surface area contributed by atoms with E-state index in [0.29, 0.717) is 27.2 Å². The number of hydrogen-bond donors (Lipinski definition) is 1. The number of halogens is 3. The van der Waals surface area contributed by atoms with Gasteiger partial charge in [-0.2, -0.15) is 0 Å². The molecule has 2 aromatic carbocycles. The van der Waals surface area contributed by atoms with Gasteiger partial charge >= 0.3 is 0 Å². The lowest BCUT2D eigenvalue weighted by molar-refractivity contribution is -0.116. The summed E-state index contributed by atoms with van der Waals surface area (Å²) >= 11 is 17.8. The second-order valence-corrected chi connectivity index (χ2v) is 6.74. The minimum atomic E-state index is -0.287. The van der Waals surface area contributed by atoms with Gasteiger partial charge in [-0.25, -0.2) is 0 Å². The fourth-order valence-electron chi connectivity index (χ4n) is 2.34. The standard InChI is InChI=1S/C18H17Cl3N2O2/c1-11-3-5-14(19)10-17(11)23(12(2)24)8-7-22-18(25)13-4-6-15(20)16(21)9-13/h3-6,9-10H,7-8H2,1-2H3,(H,22,25). The molecule has 0 fully saturated rings. The molecule has 2 rings (SSSR count). The van der Waals surface area contributed by atoms with E-state index in [1.165, 1.54) is 13.0 Å². The van der Waals surface area contributed by atoms with Crippen LogP contribution in [0.3, 0.4) is 0 Å². The first-order chi connectivity index (χ1) is 11.8. The quantitative estimate of drug-likeness (QED) is 0.789. The Balaban J connectivity index is 2.04. The van der Waals surface area contributed by atoms with Crippen LogP contribution in [0.2, 0.25) is 15.1 Å². The van der Waals surface area contributed by atoms with E-state index in [-0.39, 0.29) is 18.4 Å². The van der Waals surface area contributed by atoms with Gasteiger partial charge in [0, 0.05) is 36.3 Å². The van der Waals surface area contributed by atoms with Crippen LogP contribution in [-0.2, 0) is 4.79 Å². The Morgan fingerprint density at radius 1 is 1.04 bits per heavy atom. The van der Waals surface area contributed by atoms with E-state index in [1.54, 1.807) is 29.2 Å². The molecule has 0 heterocycles. The predicted octanol–water partition coefficient (Wildman–Crippen LogP) is 4.74. The fraction of sp³-hybridized carbons (Fsp3) is 0.222. The van der Waals surface area contributed by atoms with Crippen molar-refractivity contribution >= 4 is 52.3 Å². The topological polar surface area (TPSA) is 49.4 Å². The van der Waals surface area contributed by atoms with Gasteiger partial charge in [-0.1, -0.05) is 40.9 Å². The number of nitrogens with zero attached hydrogens (tertiary/aromatic N) is 1. The van der Waals surface area contributed by atoms with Crippen molar-refractivity contribution in [1.29, 1.82) is 0 Å². The highest BCUT2D eigenvalue weighted by atomic mass is 35.5. The summed E-state index contributed by atoms with van der Waals surface area (Å²) < 4.78 is 0.